The molecule has 1 aliphatic carbocycles. The van der Waals surface area contributed by atoms with Gasteiger partial charge in [0.2, 0.25) is 10.0 Å². The SMILES string of the molecule is Cn1nc(C(=O)NCc2ccc(C#N)cc2)c2c1C(=O)N(CC1(S(=O)(=O)NCc3ncccn3)CC1)CC2. The molecule has 1 saturated carbocycles. The van der Waals surface area contributed by atoms with E-state index in [-0.39, 0.29) is 37.8 Å². The van der Waals surface area contributed by atoms with Crippen LogP contribution in [0.1, 0.15) is 56.3 Å². The molecule has 2 aliphatic rings. The number of aryl methyl sites for hydroxylation is 1. The Bertz CT molecular complexity index is 1520. The van der Waals surface area contributed by atoms with Gasteiger partial charge in [-0.25, -0.2) is 23.1 Å². The summed E-state index contributed by atoms with van der Waals surface area (Å²) in [6.45, 7) is 0.567. The van der Waals surface area contributed by atoms with Crippen LogP contribution in [0, 0.1) is 11.3 Å². The maximum atomic E-state index is 13.4. The molecule has 2 aromatic heterocycles. The molecule has 3 heterocycles. The molecule has 1 aliphatic heterocycles. The van der Waals surface area contributed by atoms with Gasteiger partial charge in [0.25, 0.3) is 11.8 Å². The number of hydrogen-bond acceptors (Lipinski definition) is 8. The Morgan fingerprint density at radius 2 is 1.87 bits per heavy atom. The van der Waals surface area contributed by atoms with Crippen molar-refractivity contribution in [2.75, 3.05) is 13.1 Å². The Kier molecular flexibility index (Phi) is 6.68. The summed E-state index contributed by atoms with van der Waals surface area (Å²) in [5.41, 5.74) is 2.38. The van der Waals surface area contributed by atoms with Crippen LogP contribution in [0.15, 0.2) is 42.7 Å². The first-order valence-electron chi connectivity index (χ1n) is 12.1. The Morgan fingerprint density at radius 1 is 1.16 bits per heavy atom. The summed E-state index contributed by atoms with van der Waals surface area (Å²) in [4.78, 5) is 35.9. The second-order valence-corrected chi connectivity index (χ2v) is 11.6. The molecule has 0 unspecified atom stereocenters. The Balaban J connectivity index is 1.26. The van der Waals surface area contributed by atoms with Crippen LogP contribution in [-0.2, 0) is 36.6 Å². The Hall–Kier alpha value is -4.15. The van der Waals surface area contributed by atoms with Crippen molar-refractivity contribution in [1.82, 2.24) is 34.7 Å². The smallest absolute Gasteiger partial charge is 0.272 e. The second-order valence-electron chi connectivity index (χ2n) is 9.44. The summed E-state index contributed by atoms with van der Waals surface area (Å²) in [7, 11) is -2.13. The first-order chi connectivity index (χ1) is 18.2. The summed E-state index contributed by atoms with van der Waals surface area (Å²) >= 11 is 0. The quantitative estimate of drug-likeness (QED) is 0.404. The van der Waals surface area contributed by atoms with Crippen molar-refractivity contribution < 1.29 is 18.0 Å². The number of benzene rings is 1. The van der Waals surface area contributed by atoms with Crippen LogP contribution in [0.2, 0.25) is 0 Å². The molecule has 0 atom stereocenters. The molecule has 1 aromatic carbocycles. The molecule has 0 saturated heterocycles. The highest BCUT2D eigenvalue weighted by Gasteiger charge is 2.56. The number of hydrogen-bond donors (Lipinski definition) is 2. The van der Waals surface area contributed by atoms with Gasteiger partial charge in [0.15, 0.2) is 5.69 Å². The molecular weight excluding hydrogens is 508 g/mol. The molecule has 0 bridgehead atoms. The lowest BCUT2D eigenvalue weighted by atomic mass is 10.0. The summed E-state index contributed by atoms with van der Waals surface area (Å²) in [6.07, 6.45) is 4.37. The van der Waals surface area contributed by atoms with Gasteiger partial charge in [-0.1, -0.05) is 12.1 Å². The average molecular weight is 535 g/mol. The molecule has 196 valence electrons. The predicted octanol–water partition coefficient (Wildman–Crippen LogP) is 0.662. The van der Waals surface area contributed by atoms with Crippen LogP contribution >= 0.6 is 0 Å². The van der Waals surface area contributed by atoms with Crippen molar-refractivity contribution in [2.24, 2.45) is 7.05 Å². The van der Waals surface area contributed by atoms with Gasteiger partial charge in [-0.15, -0.1) is 0 Å². The fourth-order valence-corrected chi connectivity index (χ4v) is 6.19. The lowest BCUT2D eigenvalue weighted by molar-refractivity contribution is 0.0724. The van der Waals surface area contributed by atoms with Gasteiger partial charge in [-0.2, -0.15) is 10.4 Å². The second kappa shape index (κ2) is 9.96. The van der Waals surface area contributed by atoms with E-state index in [0.717, 1.165) is 5.56 Å². The monoisotopic (exact) mass is 534 g/mol. The lowest BCUT2D eigenvalue weighted by Gasteiger charge is -2.31. The summed E-state index contributed by atoms with van der Waals surface area (Å²) < 4.78 is 29.1. The van der Waals surface area contributed by atoms with E-state index in [0.29, 0.717) is 41.9 Å². The van der Waals surface area contributed by atoms with E-state index in [4.69, 9.17) is 5.26 Å². The molecule has 0 radical (unpaired) electrons. The van der Waals surface area contributed by atoms with E-state index in [9.17, 15) is 18.0 Å². The molecule has 1 fully saturated rings. The third kappa shape index (κ3) is 4.88. The number of fused-ring (bicyclic) bond motifs is 1. The highest BCUT2D eigenvalue weighted by Crippen LogP contribution is 2.44. The largest absolute Gasteiger partial charge is 0.347 e. The van der Waals surface area contributed by atoms with E-state index in [1.165, 1.54) is 9.58 Å². The number of aromatic nitrogens is 4. The van der Waals surface area contributed by atoms with E-state index in [2.05, 4.69) is 31.2 Å². The third-order valence-corrected chi connectivity index (χ3v) is 9.12. The van der Waals surface area contributed by atoms with Gasteiger partial charge >= 0.3 is 0 Å². The molecule has 2 amide bonds. The zero-order valence-corrected chi connectivity index (χ0v) is 21.5. The number of sulfonamides is 1. The van der Waals surface area contributed by atoms with Crippen molar-refractivity contribution >= 4 is 21.8 Å². The van der Waals surface area contributed by atoms with Crippen LogP contribution in [-0.4, -0.2) is 62.7 Å². The lowest BCUT2D eigenvalue weighted by Crippen LogP contribution is -2.48. The van der Waals surface area contributed by atoms with Crippen molar-refractivity contribution in [3.05, 3.63) is 76.6 Å². The van der Waals surface area contributed by atoms with Crippen LogP contribution in [0.4, 0.5) is 0 Å². The number of carbonyl (C=O) groups excluding carboxylic acids is 2. The molecule has 12 nitrogen and oxygen atoms in total. The number of amides is 2. The van der Waals surface area contributed by atoms with E-state index < -0.39 is 20.7 Å². The van der Waals surface area contributed by atoms with Gasteiger partial charge in [0, 0.05) is 44.6 Å². The van der Waals surface area contributed by atoms with Crippen LogP contribution < -0.4 is 10.0 Å². The fourth-order valence-electron chi connectivity index (χ4n) is 4.60. The molecular formula is C25H26N8O4S. The molecule has 13 heteroatoms. The zero-order chi connectivity index (χ0) is 26.9. The highest BCUT2D eigenvalue weighted by molar-refractivity contribution is 7.91. The third-order valence-electron chi connectivity index (χ3n) is 6.91. The minimum atomic E-state index is -3.73. The number of nitrogens with one attached hydrogen (secondary N) is 2. The summed E-state index contributed by atoms with van der Waals surface area (Å²) in [5.74, 6) is -0.383. The minimum absolute atomic E-state index is 0.0221. The molecule has 2 N–H and O–H groups in total. The van der Waals surface area contributed by atoms with Gasteiger partial charge in [-0.3, -0.25) is 14.3 Å². The number of nitriles is 1. The predicted molar refractivity (Wildman–Crippen MR) is 135 cm³/mol. The standard InChI is InChI=1S/C25H26N8O4S/c1-32-22-19(21(31-32)23(34)29-14-18-5-3-17(13-26)4-6-18)7-12-33(24(22)35)16-25(8-9-25)38(36,37)30-15-20-27-10-2-11-28-20/h2-6,10-11,30H,7-9,12,14-16H2,1H3,(H,29,34). The van der Waals surface area contributed by atoms with Gasteiger partial charge < -0.3 is 10.2 Å². The van der Waals surface area contributed by atoms with Crippen LogP contribution in [0.25, 0.3) is 0 Å². The summed E-state index contributed by atoms with van der Waals surface area (Å²) in [6, 6.07) is 10.6. The first kappa shape index (κ1) is 25.5. The van der Waals surface area contributed by atoms with E-state index in [1.807, 2.05) is 0 Å². The maximum Gasteiger partial charge on any atom is 0.272 e. The Morgan fingerprint density at radius 3 is 2.53 bits per heavy atom. The Labute approximate surface area is 219 Å². The number of rotatable bonds is 9. The average Bonchev–Trinajstić information content (AvgIpc) is 3.65. The number of carbonyl (C=O) groups is 2. The molecule has 3 aromatic rings. The van der Waals surface area contributed by atoms with Gasteiger partial charge in [-0.05, 0) is 43.0 Å². The van der Waals surface area contributed by atoms with Gasteiger partial charge in [0.05, 0.1) is 18.2 Å². The van der Waals surface area contributed by atoms with Crippen LogP contribution in [0.5, 0.6) is 0 Å². The van der Waals surface area contributed by atoms with Crippen molar-refractivity contribution in [2.45, 2.75) is 37.1 Å². The fraction of sp³-hybridized carbons (Fsp3) is 0.360. The minimum Gasteiger partial charge on any atom is -0.347 e. The highest BCUT2D eigenvalue weighted by atomic mass is 32.2. The van der Waals surface area contributed by atoms with Crippen molar-refractivity contribution in [1.29, 1.82) is 5.26 Å². The van der Waals surface area contributed by atoms with E-state index in [1.54, 1.807) is 49.8 Å². The number of nitrogens with zero attached hydrogens (tertiary/aromatic N) is 6. The molecule has 5 rings (SSSR count). The normalized spacial score (nSPS) is 16.0. The van der Waals surface area contributed by atoms with Gasteiger partial charge in [0.1, 0.15) is 16.3 Å². The first-order valence-corrected chi connectivity index (χ1v) is 13.6. The molecule has 0 spiro atoms. The van der Waals surface area contributed by atoms with Crippen molar-refractivity contribution in [3.8, 4) is 6.07 Å². The van der Waals surface area contributed by atoms with E-state index >= 15 is 0 Å². The topological polar surface area (TPSA) is 163 Å². The zero-order valence-electron chi connectivity index (χ0n) is 20.7. The maximum absolute atomic E-state index is 13.4. The van der Waals surface area contributed by atoms with Crippen LogP contribution in [0.3, 0.4) is 0 Å². The summed E-state index contributed by atoms with van der Waals surface area (Å²) in [5, 5.41) is 16.1. The molecule has 38 heavy (non-hydrogen) atoms. The van der Waals surface area contributed by atoms with Crippen molar-refractivity contribution in [3.63, 3.8) is 0 Å².